The fourth-order valence-corrected chi connectivity index (χ4v) is 0.322. The molecule has 0 spiro atoms. The summed E-state index contributed by atoms with van der Waals surface area (Å²) in [6.07, 6.45) is 0. The molecule has 38 valence electrons. The molecule has 0 radical (unpaired) electrons. The van der Waals surface area contributed by atoms with Crippen LogP contribution in [0.5, 0.6) is 0 Å². The highest BCUT2D eigenvalue weighted by molar-refractivity contribution is 4.51. The third-order valence-corrected chi connectivity index (χ3v) is 0.526. The lowest BCUT2D eigenvalue weighted by Gasteiger charge is -1.99. The van der Waals surface area contributed by atoms with E-state index in [-0.39, 0.29) is 6.04 Å². The summed E-state index contributed by atoms with van der Waals surface area (Å²) in [4.78, 5) is 0. The number of nitrogens with one attached hydrogen (secondary N) is 1. The van der Waals surface area contributed by atoms with Crippen LogP contribution in [-0.4, -0.2) is 19.6 Å². The van der Waals surface area contributed by atoms with Crippen LogP contribution in [0.1, 0.15) is 6.92 Å². The van der Waals surface area contributed by atoms with Gasteiger partial charge in [0.05, 0.1) is 0 Å². The van der Waals surface area contributed by atoms with Crippen LogP contribution >= 0.6 is 0 Å². The van der Waals surface area contributed by atoms with Gasteiger partial charge in [0.2, 0.25) is 0 Å². The monoisotopic (exact) mass is 88.1 g/mol. The third-order valence-electron chi connectivity index (χ3n) is 0.526. The number of hydrogen-bond acceptors (Lipinski definition) is 2. The summed E-state index contributed by atoms with van der Waals surface area (Å²) in [5.41, 5.74) is 5.34. The molecule has 0 aromatic carbocycles. The Morgan fingerprint density at radius 3 is 2.33 bits per heavy atom. The van der Waals surface area contributed by atoms with E-state index in [1.165, 1.54) is 0 Å². The Labute approximate surface area is 38.7 Å². The first kappa shape index (κ1) is 5.92. The van der Waals surface area contributed by atoms with Crippen LogP contribution in [0, 0.1) is 0 Å². The first-order valence-electron chi connectivity index (χ1n) is 2.17. The van der Waals surface area contributed by atoms with Crippen molar-refractivity contribution in [2.75, 3.05) is 13.6 Å². The molecule has 0 aromatic rings. The molecule has 2 nitrogen and oxygen atoms in total. The summed E-state index contributed by atoms with van der Waals surface area (Å²) < 4.78 is 0. The zero-order chi connectivity index (χ0) is 4.99. The molecule has 0 unspecified atom stereocenters. The summed E-state index contributed by atoms with van der Waals surface area (Å²) in [6.45, 7) is 2.87. The molecule has 0 saturated carbocycles. The van der Waals surface area contributed by atoms with Crippen molar-refractivity contribution in [2.45, 2.75) is 13.0 Å². The van der Waals surface area contributed by atoms with Crippen molar-refractivity contribution in [1.82, 2.24) is 5.32 Å². The molecule has 0 saturated heterocycles. The zero-order valence-corrected chi connectivity index (χ0v) is 4.36. The highest BCUT2D eigenvalue weighted by Crippen LogP contribution is 1.63. The predicted octanol–water partition coefficient (Wildman–Crippen LogP) is -0.447. The van der Waals surface area contributed by atoms with Gasteiger partial charge in [-0.15, -0.1) is 0 Å². The third kappa shape index (κ3) is 3.92. The van der Waals surface area contributed by atoms with Crippen LogP contribution < -0.4 is 11.1 Å². The van der Waals surface area contributed by atoms with Gasteiger partial charge in [0.25, 0.3) is 0 Å². The molecule has 0 amide bonds. The molecule has 0 fully saturated rings. The van der Waals surface area contributed by atoms with Crippen molar-refractivity contribution in [2.24, 2.45) is 5.73 Å². The van der Waals surface area contributed by atoms with Crippen molar-refractivity contribution < 1.29 is 0 Å². The zero-order valence-electron chi connectivity index (χ0n) is 4.36. The largest absolute Gasteiger partial charge is 0.327 e. The van der Waals surface area contributed by atoms with Crippen LogP contribution in [0.4, 0.5) is 0 Å². The van der Waals surface area contributed by atoms with Crippen molar-refractivity contribution >= 4 is 0 Å². The van der Waals surface area contributed by atoms with Crippen molar-refractivity contribution in [3.63, 3.8) is 0 Å². The molecule has 0 aliphatic rings. The number of nitrogens with two attached hydrogens (primary N) is 1. The van der Waals surface area contributed by atoms with E-state index in [9.17, 15) is 0 Å². The Morgan fingerprint density at radius 1 is 1.83 bits per heavy atom. The first-order chi connectivity index (χ1) is 2.77. The van der Waals surface area contributed by atoms with E-state index in [2.05, 4.69) is 5.32 Å². The van der Waals surface area contributed by atoms with Crippen molar-refractivity contribution in [3.05, 3.63) is 0 Å². The Bertz CT molecular complexity index is 26.7. The molecule has 0 aromatic heterocycles. The fourth-order valence-electron chi connectivity index (χ4n) is 0.322. The molecule has 6 heavy (non-hydrogen) atoms. The highest BCUT2D eigenvalue weighted by Gasteiger charge is 1.84. The number of likely N-dealkylation sites (N-methyl/N-ethyl adjacent to an activating group) is 1. The summed E-state index contributed by atoms with van der Waals surface area (Å²) in [5.74, 6) is 0. The molecule has 0 aliphatic carbocycles. The van der Waals surface area contributed by atoms with E-state index in [4.69, 9.17) is 5.73 Å². The Morgan fingerprint density at radius 2 is 2.33 bits per heavy atom. The van der Waals surface area contributed by atoms with Crippen LogP contribution in [0.25, 0.3) is 0 Å². The van der Waals surface area contributed by atoms with E-state index in [1.54, 1.807) is 0 Å². The topological polar surface area (TPSA) is 38.0 Å². The standard InChI is InChI=1S/C4H12N2/c1-4(5)3-6-2/h4,6H,3,5H2,1-2H3/t4-/m0/s1. The second-order valence-corrected chi connectivity index (χ2v) is 1.53. The van der Waals surface area contributed by atoms with Gasteiger partial charge in [-0.3, -0.25) is 0 Å². The molecule has 0 heterocycles. The van der Waals surface area contributed by atoms with E-state index in [0.717, 1.165) is 6.54 Å². The molecular formula is C4H12N2. The van der Waals surface area contributed by atoms with E-state index >= 15 is 0 Å². The molecule has 2 heteroatoms. The van der Waals surface area contributed by atoms with E-state index < -0.39 is 0 Å². The number of rotatable bonds is 2. The van der Waals surface area contributed by atoms with Gasteiger partial charge in [-0.25, -0.2) is 0 Å². The van der Waals surface area contributed by atoms with Crippen molar-refractivity contribution in [1.29, 1.82) is 0 Å². The SMILES string of the molecule is CNC[C@H](C)N. The minimum absolute atomic E-state index is 0.287. The average Bonchev–Trinajstić information content (AvgIpc) is 1.35. The van der Waals surface area contributed by atoms with Gasteiger partial charge in [-0.05, 0) is 14.0 Å². The Hall–Kier alpha value is -0.0800. The molecular weight excluding hydrogens is 76.1 g/mol. The lowest BCUT2D eigenvalue weighted by molar-refractivity contribution is 0.666. The maximum absolute atomic E-state index is 5.34. The van der Waals surface area contributed by atoms with Gasteiger partial charge in [-0.2, -0.15) is 0 Å². The second-order valence-electron chi connectivity index (χ2n) is 1.53. The minimum Gasteiger partial charge on any atom is -0.327 e. The van der Waals surface area contributed by atoms with Crippen molar-refractivity contribution in [3.8, 4) is 0 Å². The first-order valence-corrected chi connectivity index (χ1v) is 2.17. The highest BCUT2D eigenvalue weighted by atomic mass is 14.8. The average molecular weight is 88.2 g/mol. The molecule has 0 rings (SSSR count). The van der Waals surface area contributed by atoms with Gasteiger partial charge in [0.15, 0.2) is 0 Å². The molecule has 0 aliphatic heterocycles. The van der Waals surface area contributed by atoms with Crippen LogP contribution in [0.3, 0.4) is 0 Å². The van der Waals surface area contributed by atoms with Gasteiger partial charge in [0.1, 0.15) is 0 Å². The van der Waals surface area contributed by atoms with Gasteiger partial charge >= 0.3 is 0 Å². The smallest absolute Gasteiger partial charge is 0.0136 e. The minimum atomic E-state index is 0.287. The quantitative estimate of drug-likeness (QED) is 0.480. The van der Waals surface area contributed by atoms with Gasteiger partial charge in [0, 0.05) is 12.6 Å². The van der Waals surface area contributed by atoms with Crippen LogP contribution in [0.15, 0.2) is 0 Å². The Balaban J connectivity index is 2.63. The maximum atomic E-state index is 5.34. The van der Waals surface area contributed by atoms with Gasteiger partial charge in [-0.1, -0.05) is 0 Å². The predicted molar refractivity (Wildman–Crippen MR) is 27.6 cm³/mol. The van der Waals surface area contributed by atoms with Gasteiger partial charge < -0.3 is 11.1 Å². The summed E-state index contributed by atoms with van der Waals surface area (Å²) in [5, 5.41) is 2.94. The number of hydrogen-bond donors (Lipinski definition) is 2. The van der Waals surface area contributed by atoms with Crippen LogP contribution in [0.2, 0.25) is 0 Å². The molecule has 0 bridgehead atoms. The van der Waals surface area contributed by atoms with E-state index in [0.29, 0.717) is 0 Å². The van der Waals surface area contributed by atoms with E-state index in [1.807, 2.05) is 14.0 Å². The lowest BCUT2D eigenvalue weighted by atomic mass is 10.4. The fraction of sp³-hybridized carbons (Fsp3) is 1.00. The second kappa shape index (κ2) is 3.12. The summed E-state index contributed by atoms with van der Waals surface area (Å²) in [6, 6.07) is 0.287. The maximum Gasteiger partial charge on any atom is 0.0136 e. The molecule has 1 atom stereocenters. The summed E-state index contributed by atoms with van der Waals surface area (Å²) in [7, 11) is 1.89. The van der Waals surface area contributed by atoms with Crippen LogP contribution in [-0.2, 0) is 0 Å². The lowest BCUT2D eigenvalue weighted by Crippen LogP contribution is -2.28. The molecule has 3 N–H and O–H groups in total. The Kier molecular flexibility index (Phi) is 3.08. The normalized spacial score (nSPS) is 14.5. The summed E-state index contributed by atoms with van der Waals surface area (Å²) >= 11 is 0.